The van der Waals surface area contributed by atoms with Gasteiger partial charge in [0.2, 0.25) is 0 Å². The highest BCUT2D eigenvalue weighted by Crippen LogP contribution is 2.04. The molecule has 0 radical (unpaired) electrons. The Bertz CT molecular complexity index is 120. The van der Waals surface area contributed by atoms with E-state index in [1.807, 2.05) is 0 Å². The highest BCUT2D eigenvalue weighted by Gasteiger charge is 2.10. The molecule has 0 aliphatic rings. The number of rotatable bonds is 9. The average molecular weight is 202 g/mol. The Labute approximate surface area is 88.6 Å². The Kier molecular flexibility index (Phi) is 9.35. The van der Waals surface area contributed by atoms with Gasteiger partial charge in [0, 0.05) is 19.7 Å². The molecule has 0 saturated heterocycles. The van der Waals surface area contributed by atoms with Gasteiger partial charge < -0.3 is 10.5 Å². The molecule has 2 N–H and O–H groups in total. The van der Waals surface area contributed by atoms with Crippen LogP contribution < -0.4 is 5.73 Å². The zero-order valence-electron chi connectivity index (χ0n) is 9.96. The number of nitrogens with two attached hydrogens (primary N) is 1. The average Bonchev–Trinajstić information content (AvgIpc) is 2.22. The summed E-state index contributed by atoms with van der Waals surface area (Å²) in [5.74, 6) is 0. The lowest BCUT2D eigenvalue weighted by Gasteiger charge is -2.27. The van der Waals surface area contributed by atoms with Gasteiger partial charge in [-0.15, -0.1) is 0 Å². The second kappa shape index (κ2) is 9.44. The van der Waals surface area contributed by atoms with E-state index in [1.165, 1.54) is 12.8 Å². The van der Waals surface area contributed by atoms with Crippen LogP contribution in [-0.2, 0) is 4.74 Å². The zero-order chi connectivity index (χ0) is 10.8. The lowest BCUT2D eigenvalue weighted by molar-refractivity contribution is 0.121. The van der Waals surface area contributed by atoms with E-state index >= 15 is 0 Å². The smallest absolute Gasteiger partial charge is 0.0589 e. The van der Waals surface area contributed by atoms with E-state index in [4.69, 9.17) is 10.5 Å². The molecular weight excluding hydrogens is 176 g/mol. The van der Waals surface area contributed by atoms with Crippen molar-refractivity contribution in [3.63, 3.8) is 0 Å². The van der Waals surface area contributed by atoms with Gasteiger partial charge in [-0.2, -0.15) is 0 Å². The molecule has 0 saturated carbocycles. The van der Waals surface area contributed by atoms with Crippen LogP contribution in [-0.4, -0.2) is 44.3 Å². The first kappa shape index (κ1) is 13.9. The summed E-state index contributed by atoms with van der Waals surface area (Å²) >= 11 is 0. The molecule has 0 rings (SSSR count). The molecule has 0 aliphatic heterocycles. The monoisotopic (exact) mass is 202 g/mol. The molecule has 0 heterocycles. The molecule has 3 nitrogen and oxygen atoms in total. The van der Waals surface area contributed by atoms with Crippen molar-refractivity contribution in [2.45, 2.75) is 39.2 Å². The van der Waals surface area contributed by atoms with Gasteiger partial charge in [-0.1, -0.05) is 6.92 Å². The van der Waals surface area contributed by atoms with Crippen molar-refractivity contribution < 1.29 is 4.74 Å². The summed E-state index contributed by atoms with van der Waals surface area (Å²) in [7, 11) is 1.76. The van der Waals surface area contributed by atoms with Gasteiger partial charge in [0.15, 0.2) is 0 Å². The second-order valence-corrected chi connectivity index (χ2v) is 3.78. The molecule has 0 aromatic rings. The SMILES string of the molecule is CCC(C)N(CCCCN)CCOC. The van der Waals surface area contributed by atoms with E-state index in [9.17, 15) is 0 Å². The van der Waals surface area contributed by atoms with Gasteiger partial charge >= 0.3 is 0 Å². The molecule has 0 amide bonds. The maximum Gasteiger partial charge on any atom is 0.0589 e. The van der Waals surface area contributed by atoms with E-state index < -0.39 is 0 Å². The summed E-state index contributed by atoms with van der Waals surface area (Å²) in [5.41, 5.74) is 5.48. The zero-order valence-corrected chi connectivity index (χ0v) is 9.96. The van der Waals surface area contributed by atoms with Gasteiger partial charge in [-0.3, -0.25) is 4.90 Å². The summed E-state index contributed by atoms with van der Waals surface area (Å²) in [6, 6.07) is 0.655. The molecule has 86 valence electrons. The third-order valence-electron chi connectivity index (χ3n) is 2.70. The molecule has 0 aliphatic carbocycles. The fourth-order valence-electron chi connectivity index (χ4n) is 1.48. The van der Waals surface area contributed by atoms with Gasteiger partial charge in [-0.05, 0) is 39.3 Å². The fraction of sp³-hybridized carbons (Fsp3) is 1.00. The van der Waals surface area contributed by atoms with Crippen molar-refractivity contribution in [2.75, 3.05) is 33.4 Å². The van der Waals surface area contributed by atoms with E-state index in [-0.39, 0.29) is 0 Å². The predicted molar refractivity (Wildman–Crippen MR) is 61.5 cm³/mol. The predicted octanol–water partition coefficient (Wildman–Crippen LogP) is 1.47. The number of ether oxygens (including phenoxy) is 1. The molecule has 1 unspecified atom stereocenters. The largest absolute Gasteiger partial charge is 0.383 e. The Hall–Kier alpha value is -0.120. The Balaban J connectivity index is 3.72. The molecule has 1 atom stereocenters. The summed E-state index contributed by atoms with van der Waals surface area (Å²) in [4.78, 5) is 2.49. The van der Waals surface area contributed by atoms with Crippen molar-refractivity contribution in [1.82, 2.24) is 4.90 Å². The van der Waals surface area contributed by atoms with Crippen LogP contribution in [0.1, 0.15) is 33.1 Å². The molecular formula is C11H26N2O. The first-order valence-electron chi connectivity index (χ1n) is 5.69. The first-order valence-corrected chi connectivity index (χ1v) is 5.69. The first-order chi connectivity index (χ1) is 6.76. The molecule has 0 spiro atoms. The summed E-state index contributed by atoms with van der Waals surface area (Å²) in [6.07, 6.45) is 3.52. The normalized spacial score (nSPS) is 13.5. The van der Waals surface area contributed by atoms with Gasteiger partial charge in [0.25, 0.3) is 0 Å². The van der Waals surface area contributed by atoms with Crippen LogP contribution in [0.5, 0.6) is 0 Å². The molecule has 3 heteroatoms. The summed E-state index contributed by atoms with van der Waals surface area (Å²) < 4.78 is 5.11. The molecule has 14 heavy (non-hydrogen) atoms. The Morgan fingerprint density at radius 2 is 2.00 bits per heavy atom. The summed E-state index contributed by atoms with van der Waals surface area (Å²) in [5, 5.41) is 0. The van der Waals surface area contributed by atoms with Crippen LogP contribution in [0, 0.1) is 0 Å². The van der Waals surface area contributed by atoms with Crippen molar-refractivity contribution in [2.24, 2.45) is 5.73 Å². The lowest BCUT2D eigenvalue weighted by atomic mass is 10.2. The highest BCUT2D eigenvalue weighted by atomic mass is 16.5. The topological polar surface area (TPSA) is 38.5 Å². The van der Waals surface area contributed by atoms with Crippen molar-refractivity contribution >= 4 is 0 Å². The van der Waals surface area contributed by atoms with Crippen LogP contribution in [0.25, 0.3) is 0 Å². The summed E-state index contributed by atoms with van der Waals surface area (Å²) in [6.45, 7) is 8.32. The van der Waals surface area contributed by atoms with E-state index in [1.54, 1.807) is 7.11 Å². The quantitative estimate of drug-likeness (QED) is 0.575. The highest BCUT2D eigenvalue weighted by molar-refractivity contribution is 4.65. The Morgan fingerprint density at radius 3 is 2.50 bits per heavy atom. The molecule has 0 aromatic heterocycles. The second-order valence-electron chi connectivity index (χ2n) is 3.78. The number of nitrogens with zero attached hydrogens (tertiary/aromatic N) is 1. The third kappa shape index (κ3) is 6.35. The van der Waals surface area contributed by atoms with Crippen LogP contribution in [0.15, 0.2) is 0 Å². The standard InChI is InChI=1S/C11H26N2O/c1-4-11(2)13(9-10-14-3)8-6-5-7-12/h11H,4-10,12H2,1-3H3. The van der Waals surface area contributed by atoms with Gasteiger partial charge in [0.05, 0.1) is 6.61 Å². The van der Waals surface area contributed by atoms with Crippen molar-refractivity contribution in [1.29, 1.82) is 0 Å². The number of unbranched alkanes of at least 4 members (excludes halogenated alkanes) is 1. The van der Waals surface area contributed by atoms with E-state index in [0.717, 1.165) is 32.7 Å². The van der Waals surface area contributed by atoms with Crippen LogP contribution in [0.4, 0.5) is 0 Å². The van der Waals surface area contributed by atoms with Gasteiger partial charge in [0.1, 0.15) is 0 Å². The van der Waals surface area contributed by atoms with Crippen LogP contribution >= 0.6 is 0 Å². The maximum atomic E-state index is 5.48. The van der Waals surface area contributed by atoms with E-state index in [0.29, 0.717) is 6.04 Å². The minimum Gasteiger partial charge on any atom is -0.383 e. The van der Waals surface area contributed by atoms with Gasteiger partial charge in [-0.25, -0.2) is 0 Å². The van der Waals surface area contributed by atoms with E-state index in [2.05, 4.69) is 18.7 Å². The lowest BCUT2D eigenvalue weighted by Crippen LogP contribution is -2.36. The van der Waals surface area contributed by atoms with Crippen LogP contribution in [0.2, 0.25) is 0 Å². The molecule has 0 aromatic carbocycles. The maximum absolute atomic E-state index is 5.48. The Morgan fingerprint density at radius 1 is 1.29 bits per heavy atom. The number of hydrogen-bond donors (Lipinski definition) is 1. The van der Waals surface area contributed by atoms with Crippen molar-refractivity contribution in [3.8, 4) is 0 Å². The minimum atomic E-state index is 0.655. The minimum absolute atomic E-state index is 0.655. The molecule has 0 bridgehead atoms. The molecule has 0 fully saturated rings. The fourth-order valence-corrected chi connectivity index (χ4v) is 1.48. The van der Waals surface area contributed by atoms with Crippen LogP contribution in [0.3, 0.4) is 0 Å². The number of hydrogen-bond acceptors (Lipinski definition) is 3. The number of methoxy groups -OCH3 is 1. The third-order valence-corrected chi connectivity index (χ3v) is 2.70. The van der Waals surface area contributed by atoms with Crippen molar-refractivity contribution in [3.05, 3.63) is 0 Å².